The van der Waals surface area contributed by atoms with E-state index in [9.17, 15) is 9.18 Å². The van der Waals surface area contributed by atoms with E-state index in [1.54, 1.807) is 11.9 Å². The maximum absolute atomic E-state index is 13.1. The van der Waals surface area contributed by atoms with E-state index in [0.717, 1.165) is 6.54 Å². The van der Waals surface area contributed by atoms with Crippen molar-refractivity contribution in [2.75, 3.05) is 27.2 Å². The minimum atomic E-state index is -0.643. The van der Waals surface area contributed by atoms with Gasteiger partial charge < -0.3 is 9.80 Å². The van der Waals surface area contributed by atoms with Crippen LogP contribution in [0.25, 0.3) is 0 Å². The first-order valence-corrected chi connectivity index (χ1v) is 7.06. The van der Waals surface area contributed by atoms with Gasteiger partial charge in [0.05, 0.1) is 0 Å². The van der Waals surface area contributed by atoms with Gasteiger partial charge in [-0.3, -0.25) is 4.79 Å². The van der Waals surface area contributed by atoms with Gasteiger partial charge >= 0.3 is 0 Å². The molecule has 2 rings (SSSR count). The molecule has 0 radical (unpaired) electrons. The van der Waals surface area contributed by atoms with Crippen molar-refractivity contribution in [3.8, 4) is 0 Å². The monoisotopic (exact) mass is 329 g/mol. The summed E-state index contributed by atoms with van der Waals surface area (Å²) in [7, 11) is 3.77. The summed E-state index contributed by atoms with van der Waals surface area (Å²) in [4.78, 5) is 19.6. The molecule has 104 valence electrons. The zero-order valence-electron chi connectivity index (χ0n) is 11.1. The molecule has 0 atom stereocenters. The molecule has 4 nitrogen and oxygen atoms in total. The number of aromatic nitrogens is 1. The van der Waals surface area contributed by atoms with E-state index in [-0.39, 0.29) is 11.6 Å². The number of hydrogen-bond acceptors (Lipinski definition) is 3. The third-order valence-electron chi connectivity index (χ3n) is 3.32. The van der Waals surface area contributed by atoms with Crippen molar-refractivity contribution in [1.29, 1.82) is 0 Å². The van der Waals surface area contributed by atoms with Gasteiger partial charge in [0.25, 0.3) is 5.91 Å². The Morgan fingerprint density at radius 1 is 1.42 bits per heavy atom. The molecule has 0 aromatic carbocycles. The summed E-state index contributed by atoms with van der Waals surface area (Å²) in [6, 6.07) is 3.39. The molecule has 1 aliphatic carbocycles. The molecule has 0 bridgehead atoms. The zero-order valence-corrected chi connectivity index (χ0v) is 12.7. The van der Waals surface area contributed by atoms with Crippen molar-refractivity contribution < 1.29 is 9.18 Å². The van der Waals surface area contributed by atoms with E-state index in [1.807, 2.05) is 0 Å². The first-order valence-electron chi connectivity index (χ1n) is 6.27. The van der Waals surface area contributed by atoms with E-state index in [0.29, 0.717) is 17.1 Å². The van der Waals surface area contributed by atoms with Crippen molar-refractivity contribution in [3.05, 3.63) is 28.2 Å². The molecule has 1 saturated carbocycles. The molecule has 1 heterocycles. The second-order valence-corrected chi connectivity index (χ2v) is 5.76. The maximum Gasteiger partial charge on any atom is 0.273 e. The number of hydrogen-bond donors (Lipinski definition) is 0. The Kier molecular flexibility index (Phi) is 4.52. The van der Waals surface area contributed by atoms with Gasteiger partial charge in [-0.05, 0) is 48.0 Å². The Bertz CT molecular complexity index is 479. The summed E-state index contributed by atoms with van der Waals surface area (Å²) in [5, 5.41) is 0. The van der Waals surface area contributed by atoms with Crippen LogP contribution < -0.4 is 0 Å². The van der Waals surface area contributed by atoms with Crippen LogP contribution in [0.1, 0.15) is 23.3 Å². The molecule has 0 unspecified atom stereocenters. The Morgan fingerprint density at radius 2 is 2.11 bits per heavy atom. The highest BCUT2D eigenvalue weighted by molar-refractivity contribution is 9.10. The normalized spacial score (nSPS) is 14.8. The molecule has 0 aliphatic heterocycles. The number of nitrogens with zero attached hydrogens (tertiary/aromatic N) is 3. The average Bonchev–Trinajstić information content (AvgIpc) is 3.22. The van der Waals surface area contributed by atoms with Crippen LogP contribution >= 0.6 is 15.9 Å². The lowest BCUT2D eigenvalue weighted by Crippen LogP contribution is -2.36. The second-order valence-electron chi connectivity index (χ2n) is 4.90. The highest BCUT2D eigenvalue weighted by atomic mass is 79.9. The molecule has 1 fully saturated rings. The zero-order chi connectivity index (χ0) is 14.0. The summed E-state index contributed by atoms with van der Waals surface area (Å²) >= 11 is 3.23. The fraction of sp³-hybridized carbons (Fsp3) is 0.538. The van der Waals surface area contributed by atoms with Crippen LogP contribution in [0.4, 0.5) is 4.39 Å². The van der Waals surface area contributed by atoms with Gasteiger partial charge in [0.2, 0.25) is 5.95 Å². The highest BCUT2D eigenvalue weighted by Gasteiger charge is 2.26. The number of carbonyl (C=O) groups excluding carboxylic acids is 1. The van der Waals surface area contributed by atoms with E-state index in [2.05, 4.69) is 32.9 Å². The predicted octanol–water partition coefficient (Wildman–Crippen LogP) is 2.15. The molecular weight excluding hydrogens is 313 g/mol. The number of amides is 1. The van der Waals surface area contributed by atoms with Gasteiger partial charge in [-0.25, -0.2) is 4.98 Å². The fourth-order valence-corrected chi connectivity index (χ4v) is 2.25. The van der Waals surface area contributed by atoms with Gasteiger partial charge in [0.1, 0.15) is 5.69 Å². The fourth-order valence-electron chi connectivity index (χ4n) is 1.86. The largest absolute Gasteiger partial charge is 0.339 e. The van der Waals surface area contributed by atoms with Gasteiger partial charge in [0, 0.05) is 30.7 Å². The molecule has 1 aliphatic rings. The van der Waals surface area contributed by atoms with Gasteiger partial charge in [0.15, 0.2) is 0 Å². The highest BCUT2D eigenvalue weighted by Crippen LogP contribution is 2.25. The molecule has 19 heavy (non-hydrogen) atoms. The van der Waals surface area contributed by atoms with Gasteiger partial charge in [-0.1, -0.05) is 0 Å². The molecule has 1 aromatic rings. The SMILES string of the molecule is CN(CCN(C)C1CC1)C(=O)c1nc(F)ccc1Br. The third-order valence-corrected chi connectivity index (χ3v) is 3.96. The topological polar surface area (TPSA) is 36.4 Å². The van der Waals surface area contributed by atoms with Gasteiger partial charge in [-0.15, -0.1) is 0 Å². The number of halogens is 2. The third kappa shape index (κ3) is 3.73. The molecule has 6 heteroatoms. The summed E-state index contributed by atoms with van der Waals surface area (Å²) in [6.45, 7) is 1.43. The Hall–Kier alpha value is -1.01. The lowest BCUT2D eigenvalue weighted by atomic mass is 10.3. The van der Waals surface area contributed by atoms with Crippen molar-refractivity contribution in [2.45, 2.75) is 18.9 Å². The minimum Gasteiger partial charge on any atom is -0.339 e. The van der Waals surface area contributed by atoms with Crippen molar-refractivity contribution in [1.82, 2.24) is 14.8 Å². The smallest absolute Gasteiger partial charge is 0.273 e. The molecule has 1 amide bonds. The van der Waals surface area contributed by atoms with Crippen LogP contribution in [0.2, 0.25) is 0 Å². The van der Waals surface area contributed by atoms with Crippen molar-refractivity contribution >= 4 is 21.8 Å². The predicted molar refractivity (Wildman–Crippen MR) is 74.5 cm³/mol. The quantitative estimate of drug-likeness (QED) is 0.776. The van der Waals surface area contributed by atoms with Crippen LogP contribution in [0.15, 0.2) is 16.6 Å². The van der Waals surface area contributed by atoms with Crippen LogP contribution in [0.3, 0.4) is 0 Å². The number of likely N-dealkylation sites (N-methyl/N-ethyl adjacent to an activating group) is 2. The van der Waals surface area contributed by atoms with Crippen molar-refractivity contribution in [2.24, 2.45) is 0 Å². The Labute approximate surface area is 120 Å². The summed E-state index contributed by atoms with van der Waals surface area (Å²) in [5.74, 6) is -0.911. The van der Waals surface area contributed by atoms with Crippen LogP contribution in [0.5, 0.6) is 0 Å². The standard InChI is InChI=1S/C13H17BrFN3O/c1-17(9-3-4-9)7-8-18(2)13(19)12-10(14)5-6-11(15)16-12/h5-6,9H,3-4,7-8H2,1-2H3. The first kappa shape index (κ1) is 14.4. The molecule has 0 spiro atoms. The number of pyridine rings is 1. The lowest BCUT2D eigenvalue weighted by molar-refractivity contribution is 0.0773. The van der Waals surface area contributed by atoms with Crippen LogP contribution in [-0.4, -0.2) is 53.9 Å². The molecular formula is C13H17BrFN3O. The number of carbonyl (C=O) groups is 1. The van der Waals surface area contributed by atoms with E-state index >= 15 is 0 Å². The van der Waals surface area contributed by atoms with Crippen LogP contribution in [-0.2, 0) is 0 Å². The molecule has 1 aromatic heterocycles. The lowest BCUT2D eigenvalue weighted by Gasteiger charge is -2.22. The minimum absolute atomic E-state index is 0.122. The van der Waals surface area contributed by atoms with E-state index < -0.39 is 5.95 Å². The van der Waals surface area contributed by atoms with E-state index in [1.165, 1.54) is 25.0 Å². The second kappa shape index (κ2) is 5.96. The maximum atomic E-state index is 13.1. The molecule has 0 saturated heterocycles. The Balaban J connectivity index is 1.95. The summed E-state index contributed by atoms with van der Waals surface area (Å²) < 4.78 is 13.6. The molecule has 0 N–H and O–H groups in total. The summed E-state index contributed by atoms with van der Waals surface area (Å²) in [5.41, 5.74) is 0.122. The van der Waals surface area contributed by atoms with Crippen molar-refractivity contribution in [3.63, 3.8) is 0 Å². The average molecular weight is 330 g/mol. The van der Waals surface area contributed by atoms with Crippen LogP contribution in [0, 0.1) is 5.95 Å². The summed E-state index contributed by atoms with van der Waals surface area (Å²) in [6.07, 6.45) is 2.48. The Morgan fingerprint density at radius 3 is 2.74 bits per heavy atom. The van der Waals surface area contributed by atoms with E-state index in [4.69, 9.17) is 0 Å². The number of rotatable bonds is 5. The van der Waals surface area contributed by atoms with Gasteiger partial charge in [-0.2, -0.15) is 4.39 Å². The first-order chi connectivity index (χ1) is 8.99.